The minimum atomic E-state index is -0.353. The zero-order valence-corrected chi connectivity index (χ0v) is 11.9. The molecule has 1 heterocycles. The molecule has 0 unspecified atom stereocenters. The molecule has 1 aliphatic heterocycles. The van der Waals surface area contributed by atoms with E-state index in [0.717, 1.165) is 44.8 Å². The number of rotatable bonds is 5. The van der Waals surface area contributed by atoms with E-state index in [2.05, 4.69) is 21.2 Å². The van der Waals surface area contributed by atoms with Crippen molar-refractivity contribution < 1.29 is 4.39 Å². The number of piperazine rings is 1. The average Bonchev–Trinajstić information content (AvgIpc) is 2.48. The molecule has 0 amide bonds. The molecular weight excluding hydrogens is 255 g/mol. The SMILES string of the molecule is CN(CCN1CCNCC1)Cc1ccc(F)cc1C#N. The fourth-order valence-electron chi connectivity index (χ4n) is 2.41. The Bertz CT molecular complexity index is 477. The topological polar surface area (TPSA) is 42.3 Å². The summed E-state index contributed by atoms with van der Waals surface area (Å²) in [5.41, 5.74) is 1.32. The quantitative estimate of drug-likeness (QED) is 0.872. The smallest absolute Gasteiger partial charge is 0.124 e. The third kappa shape index (κ3) is 4.27. The van der Waals surface area contributed by atoms with E-state index in [1.807, 2.05) is 7.05 Å². The van der Waals surface area contributed by atoms with Crippen molar-refractivity contribution in [2.75, 3.05) is 46.3 Å². The maximum Gasteiger partial charge on any atom is 0.124 e. The lowest BCUT2D eigenvalue weighted by molar-refractivity contribution is 0.202. The largest absolute Gasteiger partial charge is 0.314 e. The van der Waals surface area contributed by atoms with Crippen LogP contribution in [0.1, 0.15) is 11.1 Å². The van der Waals surface area contributed by atoms with Gasteiger partial charge in [-0.25, -0.2) is 4.39 Å². The van der Waals surface area contributed by atoms with Crippen LogP contribution in [0.25, 0.3) is 0 Å². The average molecular weight is 276 g/mol. The molecule has 1 aromatic rings. The van der Waals surface area contributed by atoms with Gasteiger partial charge in [-0.15, -0.1) is 0 Å². The van der Waals surface area contributed by atoms with Crippen LogP contribution in [0.5, 0.6) is 0 Å². The van der Waals surface area contributed by atoms with Crippen molar-refractivity contribution in [3.8, 4) is 6.07 Å². The zero-order valence-electron chi connectivity index (χ0n) is 11.9. The first-order chi connectivity index (χ1) is 9.69. The molecular formula is C15H21FN4. The van der Waals surface area contributed by atoms with Gasteiger partial charge in [0.2, 0.25) is 0 Å². The molecule has 0 spiro atoms. The van der Waals surface area contributed by atoms with E-state index in [4.69, 9.17) is 5.26 Å². The number of hydrogen-bond acceptors (Lipinski definition) is 4. The second-order valence-electron chi connectivity index (χ2n) is 5.24. The summed E-state index contributed by atoms with van der Waals surface area (Å²) in [5, 5.41) is 12.4. The summed E-state index contributed by atoms with van der Waals surface area (Å²) >= 11 is 0. The summed E-state index contributed by atoms with van der Waals surface area (Å²) in [6, 6.07) is 6.49. The molecule has 0 radical (unpaired) electrons. The van der Waals surface area contributed by atoms with Crippen LogP contribution in [-0.4, -0.2) is 56.1 Å². The molecule has 4 nitrogen and oxygen atoms in total. The Morgan fingerprint density at radius 3 is 2.85 bits per heavy atom. The number of hydrogen-bond donors (Lipinski definition) is 1. The first-order valence-electron chi connectivity index (χ1n) is 6.99. The highest BCUT2D eigenvalue weighted by atomic mass is 19.1. The highest BCUT2D eigenvalue weighted by molar-refractivity contribution is 5.37. The van der Waals surface area contributed by atoms with E-state index in [0.29, 0.717) is 12.1 Å². The maximum absolute atomic E-state index is 13.1. The molecule has 0 aliphatic carbocycles. The Kier molecular flexibility index (Phi) is 5.48. The van der Waals surface area contributed by atoms with Gasteiger partial charge in [0, 0.05) is 45.8 Å². The summed E-state index contributed by atoms with van der Waals surface area (Å²) in [7, 11) is 2.03. The van der Waals surface area contributed by atoms with Crippen molar-refractivity contribution in [1.29, 1.82) is 5.26 Å². The third-order valence-electron chi connectivity index (χ3n) is 3.64. The second-order valence-corrected chi connectivity index (χ2v) is 5.24. The van der Waals surface area contributed by atoms with Crippen LogP contribution in [0.3, 0.4) is 0 Å². The number of nitrogens with one attached hydrogen (secondary N) is 1. The Morgan fingerprint density at radius 2 is 2.15 bits per heavy atom. The second kappa shape index (κ2) is 7.34. The lowest BCUT2D eigenvalue weighted by Gasteiger charge is -2.29. The molecule has 0 atom stereocenters. The van der Waals surface area contributed by atoms with Gasteiger partial charge in [-0.1, -0.05) is 6.07 Å². The monoisotopic (exact) mass is 276 g/mol. The number of nitriles is 1. The molecule has 0 aromatic heterocycles. The van der Waals surface area contributed by atoms with E-state index in [-0.39, 0.29) is 5.82 Å². The maximum atomic E-state index is 13.1. The van der Waals surface area contributed by atoms with Crippen molar-refractivity contribution in [1.82, 2.24) is 15.1 Å². The van der Waals surface area contributed by atoms with Crippen molar-refractivity contribution in [2.45, 2.75) is 6.54 Å². The molecule has 0 bridgehead atoms. The Hall–Kier alpha value is -1.48. The van der Waals surface area contributed by atoms with Gasteiger partial charge in [-0.2, -0.15) is 5.26 Å². The van der Waals surface area contributed by atoms with Gasteiger partial charge in [0.05, 0.1) is 11.6 Å². The van der Waals surface area contributed by atoms with Gasteiger partial charge in [0.1, 0.15) is 5.82 Å². The minimum Gasteiger partial charge on any atom is -0.314 e. The summed E-state index contributed by atoms with van der Waals surface area (Å²) < 4.78 is 13.1. The van der Waals surface area contributed by atoms with Crippen LogP contribution < -0.4 is 5.32 Å². The predicted octanol–water partition coefficient (Wildman–Crippen LogP) is 1.03. The molecule has 108 valence electrons. The van der Waals surface area contributed by atoms with Crippen LogP contribution in [-0.2, 0) is 6.54 Å². The summed E-state index contributed by atoms with van der Waals surface area (Å²) in [6.45, 7) is 6.95. The van der Waals surface area contributed by atoms with E-state index < -0.39 is 0 Å². The van der Waals surface area contributed by atoms with Crippen LogP contribution in [0.15, 0.2) is 18.2 Å². The van der Waals surface area contributed by atoms with Crippen molar-refractivity contribution in [2.24, 2.45) is 0 Å². The lowest BCUT2D eigenvalue weighted by atomic mass is 10.1. The van der Waals surface area contributed by atoms with Crippen molar-refractivity contribution >= 4 is 0 Å². The highest BCUT2D eigenvalue weighted by Crippen LogP contribution is 2.12. The molecule has 5 heteroatoms. The minimum absolute atomic E-state index is 0.353. The molecule has 2 rings (SSSR count). The summed E-state index contributed by atoms with van der Waals surface area (Å²) in [5.74, 6) is -0.353. The normalized spacial score (nSPS) is 16.3. The van der Waals surface area contributed by atoms with E-state index in [9.17, 15) is 4.39 Å². The number of nitrogens with zero attached hydrogens (tertiary/aromatic N) is 3. The van der Waals surface area contributed by atoms with Gasteiger partial charge >= 0.3 is 0 Å². The molecule has 1 fully saturated rings. The highest BCUT2D eigenvalue weighted by Gasteiger charge is 2.11. The van der Waals surface area contributed by atoms with Crippen molar-refractivity contribution in [3.05, 3.63) is 35.1 Å². The molecule has 0 saturated carbocycles. The first-order valence-corrected chi connectivity index (χ1v) is 6.99. The summed E-state index contributed by atoms with van der Waals surface area (Å²) in [4.78, 5) is 4.61. The fourth-order valence-corrected chi connectivity index (χ4v) is 2.41. The molecule has 1 aromatic carbocycles. The van der Waals surface area contributed by atoms with E-state index >= 15 is 0 Å². The van der Waals surface area contributed by atoms with Crippen molar-refractivity contribution in [3.63, 3.8) is 0 Å². The van der Waals surface area contributed by atoms with Gasteiger partial charge in [0.15, 0.2) is 0 Å². The molecule has 1 saturated heterocycles. The fraction of sp³-hybridized carbons (Fsp3) is 0.533. The Morgan fingerprint density at radius 1 is 1.40 bits per heavy atom. The number of benzene rings is 1. The van der Waals surface area contributed by atoms with Gasteiger partial charge < -0.3 is 10.2 Å². The van der Waals surface area contributed by atoms with E-state index in [1.54, 1.807) is 6.07 Å². The number of halogens is 1. The Balaban J connectivity index is 1.84. The third-order valence-corrected chi connectivity index (χ3v) is 3.64. The van der Waals surface area contributed by atoms with Crippen LogP contribution in [0, 0.1) is 17.1 Å². The van der Waals surface area contributed by atoms with Crippen LogP contribution >= 0.6 is 0 Å². The van der Waals surface area contributed by atoms with E-state index in [1.165, 1.54) is 12.1 Å². The number of likely N-dealkylation sites (N-methyl/N-ethyl adjacent to an activating group) is 1. The van der Waals surface area contributed by atoms with Gasteiger partial charge in [0.25, 0.3) is 0 Å². The Labute approximate surface area is 119 Å². The molecule has 20 heavy (non-hydrogen) atoms. The van der Waals surface area contributed by atoms with Gasteiger partial charge in [-0.3, -0.25) is 4.90 Å². The van der Waals surface area contributed by atoms with Crippen LogP contribution in [0.2, 0.25) is 0 Å². The van der Waals surface area contributed by atoms with Crippen LogP contribution in [0.4, 0.5) is 4.39 Å². The zero-order chi connectivity index (χ0) is 14.4. The summed E-state index contributed by atoms with van der Waals surface area (Å²) in [6.07, 6.45) is 0. The first kappa shape index (κ1) is 14.9. The molecule has 1 aliphatic rings. The molecule has 1 N–H and O–H groups in total. The van der Waals surface area contributed by atoms with Gasteiger partial charge in [-0.05, 0) is 24.7 Å². The lowest BCUT2D eigenvalue weighted by Crippen LogP contribution is -2.45. The standard InChI is InChI=1S/C15H21FN4/c1-19(8-9-20-6-4-18-5-7-20)12-13-2-3-15(16)10-14(13)11-17/h2-3,10,18H,4-9,12H2,1H3. The predicted molar refractivity (Wildman–Crippen MR) is 76.8 cm³/mol.